The summed E-state index contributed by atoms with van der Waals surface area (Å²) < 4.78 is 6.53. The average molecular weight is 586 g/mol. The number of rotatable bonds is 9. The van der Waals surface area contributed by atoms with Crippen LogP contribution in [0.1, 0.15) is 45.5 Å². The van der Waals surface area contributed by atoms with E-state index in [1.165, 1.54) is 12.1 Å². The van der Waals surface area contributed by atoms with Gasteiger partial charge in [-0.3, -0.25) is 24.1 Å². The van der Waals surface area contributed by atoms with Crippen LogP contribution < -0.4 is 4.74 Å². The van der Waals surface area contributed by atoms with E-state index < -0.39 is 23.8 Å². The first-order chi connectivity index (χ1) is 18.2. The third kappa shape index (κ3) is 5.88. The Hall–Kier alpha value is -3.73. The minimum absolute atomic E-state index is 0.0723. The topological polar surface area (TPSA) is 125 Å². The molecule has 10 nitrogen and oxygen atoms in total. The Bertz CT molecular complexity index is 1240. The highest BCUT2D eigenvalue weighted by Gasteiger charge is 2.43. The van der Waals surface area contributed by atoms with Crippen LogP contribution in [0.4, 0.5) is 0 Å². The SMILES string of the molecule is Cc1ccc(OCCC(=O)N2CCN(C(=O)CC[C@@H](C(=O)O)N3C(=O)c4ccccc4C3=O)CC2)c(Br)c1. The summed E-state index contributed by atoms with van der Waals surface area (Å²) in [5.41, 5.74) is 1.41. The molecule has 0 unspecified atom stereocenters. The van der Waals surface area contributed by atoms with Crippen LogP contribution in [-0.2, 0) is 14.4 Å². The molecule has 0 aromatic heterocycles. The number of imide groups is 1. The first-order valence-corrected chi connectivity index (χ1v) is 13.1. The van der Waals surface area contributed by atoms with E-state index in [0.29, 0.717) is 31.9 Å². The molecule has 4 rings (SSSR count). The fourth-order valence-corrected chi connectivity index (χ4v) is 5.21. The van der Waals surface area contributed by atoms with Gasteiger partial charge in [0, 0.05) is 32.6 Å². The number of nitrogens with zero attached hydrogens (tertiary/aromatic N) is 3. The van der Waals surface area contributed by atoms with Crippen molar-refractivity contribution in [3.63, 3.8) is 0 Å². The molecule has 4 amide bonds. The molecule has 0 radical (unpaired) electrons. The Labute approximate surface area is 228 Å². The van der Waals surface area contributed by atoms with Crippen LogP contribution >= 0.6 is 15.9 Å². The summed E-state index contributed by atoms with van der Waals surface area (Å²) in [6, 6.07) is 10.4. The molecule has 38 heavy (non-hydrogen) atoms. The molecular weight excluding hydrogens is 558 g/mol. The Morgan fingerprint density at radius 1 is 0.921 bits per heavy atom. The summed E-state index contributed by atoms with van der Waals surface area (Å²) in [6.45, 7) is 3.56. The van der Waals surface area contributed by atoms with Crippen LogP contribution in [-0.4, -0.2) is 88.2 Å². The number of halogens is 1. The van der Waals surface area contributed by atoms with Gasteiger partial charge in [-0.1, -0.05) is 18.2 Å². The molecule has 2 aromatic rings. The minimum Gasteiger partial charge on any atom is -0.492 e. The number of benzene rings is 2. The molecule has 200 valence electrons. The number of amides is 4. The number of hydrogen-bond acceptors (Lipinski definition) is 6. The van der Waals surface area contributed by atoms with Crippen LogP contribution in [0, 0.1) is 6.92 Å². The monoisotopic (exact) mass is 585 g/mol. The Kier molecular flexibility index (Phi) is 8.45. The molecule has 0 bridgehead atoms. The molecule has 1 fully saturated rings. The standard InChI is InChI=1S/C27H28BrN3O7/c1-17-6-8-22(20(28)16-17)38-15-10-24(33)30-13-11-29(12-14-30)23(32)9-7-21(27(36)37)31-25(34)18-4-2-3-5-19(18)26(31)35/h2-6,8,16,21H,7,9-15H2,1H3,(H,36,37)/t21-/m0/s1. The first-order valence-electron chi connectivity index (χ1n) is 12.3. The van der Waals surface area contributed by atoms with Crippen molar-refractivity contribution < 1.29 is 33.8 Å². The van der Waals surface area contributed by atoms with Crippen LogP contribution in [0.2, 0.25) is 0 Å². The number of hydrogen-bond donors (Lipinski definition) is 1. The molecule has 0 aliphatic carbocycles. The van der Waals surface area contributed by atoms with Gasteiger partial charge in [-0.05, 0) is 59.1 Å². The maximum Gasteiger partial charge on any atom is 0.326 e. The molecule has 1 atom stereocenters. The predicted octanol–water partition coefficient (Wildman–Crippen LogP) is 2.73. The zero-order valence-corrected chi connectivity index (χ0v) is 22.5. The highest BCUT2D eigenvalue weighted by molar-refractivity contribution is 9.10. The van der Waals surface area contributed by atoms with Gasteiger partial charge in [-0.2, -0.15) is 0 Å². The first kappa shape index (κ1) is 27.3. The summed E-state index contributed by atoms with van der Waals surface area (Å²) in [5.74, 6) is -2.38. The summed E-state index contributed by atoms with van der Waals surface area (Å²) in [7, 11) is 0. The number of aliphatic carboxylic acids is 1. The highest BCUT2D eigenvalue weighted by atomic mass is 79.9. The summed E-state index contributed by atoms with van der Waals surface area (Å²) in [6.07, 6.45) is -0.128. The minimum atomic E-state index is -1.44. The van der Waals surface area contributed by atoms with Crippen LogP contribution in [0.15, 0.2) is 46.9 Å². The van der Waals surface area contributed by atoms with Crippen molar-refractivity contribution in [3.05, 3.63) is 63.6 Å². The second-order valence-electron chi connectivity index (χ2n) is 9.21. The zero-order valence-electron chi connectivity index (χ0n) is 20.9. The average Bonchev–Trinajstić information content (AvgIpc) is 3.15. The van der Waals surface area contributed by atoms with Gasteiger partial charge in [-0.25, -0.2) is 4.79 Å². The fraction of sp³-hybridized carbons (Fsp3) is 0.370. The predicted molar refractivity (Wildman–Crippen MR) is 140 cm³/mol. The molecule has 1 saturated heterocycles. The van der Waals surface area contributed by atoms with E-state index in [0.717, 1.165) is 14.9 Å². The lowest BCUT2D eigenvalue weighted by molar-refractivity contribution is -0.143. The maximum atomic E-state index is 12.8. The normalized spacial score (nSPS) is 15.9. The third-order valence-electron chi connectivity index (χ3n) is 6.70. The van der Waals surface area contributed by atoms with Crippen molar-refractivity contribution in [2.24, 2.45) is 0 Å². The van der Waals surface area contributed by atoms with Gasteiger partial charge in [-0.15, -0.1) is 0 Å². The van der Waals surface area contributed by atoms with E-state index in [4.69, 9.17) is 4.74 Å². The number of ether oxygens (including phenoxy) is 1. The van der Waals surface area contributed by atoms with Crippen LogP contribution in [0.5, 0.6) is 5.75 Å². The quantitative estimate of drug-likeness (QED) is 0.448. The number of carboxylic acids is 1. The van der Waals surface area contributed by atoms with E-state index in [1.807, 2.05) is 25.1 Å². The van der Waals surface area contributed by atoms with Crippen LogP contribution in [0.25, 0.3) is 0 Å². The van der Waals surface area contributed by atoms with Crippen molar-refractivity contribution >= 4 is 45.5 Å². The van der Waals surface area contributed by atoms with Crippen molar-refractivity contribution in [2.45, 2.75) is 32.2 Å². The number of carbonyl (C=O) groups excluding carboxylic acids is 4. The molecule has 0 spiro atoms. The number of carbonyl (C=O) groups is 5. The Balaban J connectivity index is 1.24. The lowest BCUT2D eigenvalue weighted by Crippen LogP contribution is -2.51. The second kappa shape index (κ2) is 11.8. The number of fused-ring (bicyclic) bond motifs is 1. The van der Waals surface area contributed by atoms with Gasteiger partial charge in [0.15, 0.2) is 0 Å². The Morgan fingerprint density at radius 3 is 2.00 bits per heavy atom. The maximum absolute atomic E-state index is 12.8. The summed E-state index contributed by atoms with van der Waals surface area (Å²) in [4.78, 5) is 66.7. The van der Waals surface area contributed by atoms with Gasteiger partial charge < -0.3 is 19.6 Å². The van der Waals surface area contributed by atoms with Gasteiger partial charge >= 0.3 is 5.97 Å². The zero-order chi connectivity index (χ0) is 27.4. The molecule has 11 heteroatoms. The fourth-order valence-electron chi connectivity index (χ4n) is 4.61. The smallest absolute Gasteiger partial charge is 0.326 e. The van der Waals surface area contributed by atoms with E-state index in [-0.39, 0.29) is 48.8 Å². The van der Waals surface area contributed by atoms with Gasteiger partial charge in [0.1, 0.15) is 11.8 Å². The number of carboxylic acid groups (broad SMARTS) is 1. The highest BCUT2D eigenvalue weighted by Crippen LogP contribution is 2.27. The molecule has 2 heterocycles. The van der Waals surface area contributed by atoms with Gasteiger partial charge in [0.25, 0.3) is 11.8 Å². The van der Waals surface area contributed by atoms with E-state index in [9.17, 15) is 29.1 Å². The summed E-state index contributed by atoms with van der Waals surface area (Å²) >= 11 is 3.45. The van der Waals surface area contributed by atoms with E-state index in [2.05, 4.69) is 15.9 Å². The van der Waals surface area contributed by atoms with Gasteiger partial charge in [0.05, 0.1) is 28.6 Å². The number of piperazine rings is 1. The Morgan fingerprint density at radius 2 is 1.47 bits per heavy atom. The van der Waals surface area contributed by atoms with Crippen molar-refractivity contribution in [3.8, 4) is 5.75 Å². The lowest BCUT2D eigenvalue weighted by Gasteiger charge is -2.35. The molecule has 2 aromatic carbocycles. The molecule has 1 N–H and O–H groups in total. The van der Waals surface area contributed by atoms with E-state index in [1.54, 1.807) is 21.9 Å². The van der Waals surface area contributed by atoms with Crippen molar-refractivity contribution in [2.75, 3.05) is 32.8 Å². The molecular formula is C27H28BrN3O7. The van der Waals surface area contributed by atoms with Gasteiger partial charge in [0.2, 0.25) is 11.8 Å². The molecule has 2 aliphatic heterocycles. The van der Waals surface area contributed by atoms with Crippen molar-refractivity contribution in [1.29, 1.82) is 0 Å². The second-order valence-corrected chi connectivity index (χ2v) is 10.1. The van der Waals surface area contributed by atoms with E-state index >= 15 is 0 Å². The summed E-state index contributed by atoms with van der Waals surface area (Å²) in [5, 5.41) is 9.71. The largest absolute Gasteiger partial charge is 0.492 e. The number of aryl methyl sites for hydroxylation is 1. The molecule has 2 aliphatic rings. The third-order valence-corrected chi connectivity index (χ3v) is 7.32. The molecule has 0 saturated carbocycles. The van der Waals surface area contributed by atoms with Crippen molar-refractivity contribution in [1.82, 2.24) is 14.7 Å². The van der Waals surface area contributed by atoms with Crippen LogP contribution in [0.3, 0.4) is 0 Å². The lowest BCUT2D eigenvalue weighted by atomic mass is 10.1.